The number of aryl methyl sites for hydroxylation is 1. The molecule has 0 aliphatic rings. The van der Waals surface area contributed by atoms with Gasteiger partial charge in [0.05, 0.1) is 22.3 Å². The van der Waals surface area contributed by atoms with E-state index in [-0.39, 0.29) is 10.6 Å². The molecule has 0 unspecified atom stereocenters. The number of rotatable bonds is 2. The number of fused-ring (bicyclic) bond motifs is 1. The molecule has 0 bridgehead atoms. The lowest BCUT2D eigenvalue weighted by molar-refractivity contribution is 0.0695. The molecule has 0 spiro atoms. The van der Waals surface area contributed by atoms with Crippen molar-refractivity contribution in [3.05, 3.63) is 22.5 Å². The zero-order valence-electron chi connectivity index (χ0n) is 7.91. The number of hydrogen-bond acceptors (Lipinski definition) is 3. The molecule has 2 N–H and O–H groups in total. The van der Waals surface area contributed by atoms with Gasteiger partial charge in [0.15, 0.2) is 5.65 Å². The molecule has 6 heteroatoms. The Morgan fingerprint density at radius 1 is 1.67 bits per heavy atom. The zero-order valence-corrected chi connectivity index (χ0v) is 8.67. The van der Waals surface area contributed by atoms with Crippen molar-refractivity contribution in [1.29, 1.82) is 0 Å². The molecule has 0 atom stereocenters. The molecule has 0 saturated carbocycles. The van der Waals surface area contributed by atoms with E-state index in [0.717, 1.165) is 0 Å². The van der Waals surface area contributed by atoms with E-state index in [9.17, 15) is 4.79 Å². The van der Waals surface area contributed by atoms with Gasteiger partial charge in [-0.05, 0) is 6.42 Å². The lowest BCUT2D eigenvalue weighted by Gasteiger charge is -2.05. The molecule has 2 aromatic heterocycles. The Hall–Kier alpha value is -1.62. The molecule has 2 heterocycles. The quantitative estimate of drug-likeness (QED) is 0.818. The van der Waals surface area contributed by atoms with Gasteiger partial charge in [0.2, 0.25) is 0 Å². The predicted molar refractivity (Wildman–Crippen MR) is 55.2 cm³/mol. The minimum atomic E-state index is -1.06. The summed E-state index contributed by atoms with van der Waals surface area (Å²) in [6.45, 7) is 1.83. The van der Waals surface area contributed by atoms with Crippen LogP contribution in [0.1, 0.15) is 23.0 Å². The van der Waals surface area contributed by atoms with Crippen molar-refractivity contribution < 1.29 is 9.90 Å². The van der Waals surface area contributed by atoms with Crippen LogP contribution in [0, 0.1) is 0 Å². The lowest BCUT2D eigenvalue weighted by atomic mass is 10.1. The average molecular weight is 226 g/mol. The Kier molecular flexibility index (Phi) is 2.32. The molecule has 0 aliphatic heterocycles. The number of pyridine rings is 1. The number of aromatic nitrogens is 3. The van der Waals surface area contributed by atoms with Crippen LogP contribution in [0.25, 0.3) is 11.0 Å². The molecule has 0 radical (unpaired) electrons. The van der Waals surface area contributed by atoms with Gasteiger partial charge in [-0.1, -0.05) is 18.5 Å². The van der Waals surface area contributed by atoms with Gasteiger partial charge in [0, 0.05) is 0 Å². The number of carboxylic acid groups (broad SMARTS) is 1. The number of nitrogens with zero attached hydrogens (tertiary/aromatic N) is 2. The summed E-state index contributed by atoms with van der Waals surface area (Å²) in [5.74, 6) is -1.06. The van der Waals surface area contributed by atoms with Crippen LogP contribution in [0.15, 0.2) is 6.20 Å². The molecular weight excluding hydrogens is 218 g/mol. The van der Waals surface area contributed by atoms with Gasteiger partial charge >= 0.3 is 5.97 Å². The van der Waals surface area contributed by atoms with Crippen LogP contribution in [-0.2, 0) is 6.42 Å². The van der Waals surface area contributed by atoms with E-state index in [2.05, 4.69) is 15.2 Å². The van der Waals surface area contributed by atoms with Crippen molar-refractivity contribution in [1.82, 2.24) is 15.2 Å². The van der Waals surface area contributed by atoms with E-state index in [0.29, 0.717) is 23.1 Å². The normalized spacial score (nSPS) is 10.8. The van der Waals surface area contributed by atoms with Crippen LogP contribution in [0.5, 0.6) is 0 Å². The van der Waals surface area contributed by atoms with Crippen LogP contribution in [0.4, 0.5) is 0 Å². The molecule has 0 saturated heterocycles. The van der Waals surface area contributed by atoms with Gasteiger partial charge in [0.25, 0.3) is 0 Å². The average Bonchev–Trinajstić information content (AvgIpc) is 2.64. The number of carboxylic acids is 1. The second-order valence-electron chi connectivity index (χ2n) is 3.04. The SMILES string of the molecule is CCc1nc2[nH]ncc2c(Cl)c1C(=O)O. The molecule has 0 aliphatic carbocycles. The number of halogens is 1. The first-order chi connectivity index (χ1) is 7.15. The highest BCUT2D eigenvalue weighted by atomic mass is 35.5. The second kappa shape index (κ2) is 3.51. The molecule has 15 heavy (non-hydrogen) atoms. The lowest BCUT2D eigenvalue weighted by Crippen LogP contribution is -2.05. The Morgan fingerprint density at radius 3 is 3.00 bits per heavy atom. The fourth-order valence-corrected chi connectivity index (χ4v) is 1.78. The summed E-state index contributed by atoms with van der Waals surface area (Å²) >= 11 is 5.98. The van der Waals surface area contributed by atoms with Crippen LogP contribution >= 0.6 is 11.6 Å². The summed E-state index contributed by atoms with van der Waals surface area (Å²) < 4.78 is 0. The molecular formula is C9H8ClN3O2. The maximum Gasteiger partial charge on any atom is 0.339 e. The molecule has 5 nitrogen and oxygen atoms in total. The van der Waals surface area contributed by atoms with Gasteiger partial charge in [0.1, 0.15) is 5.56 Å². The van der Waals surface area contributed by atoms with Gasteiger partial charge in [-0.25, -0.2) is 9.78 Å². The highest BCUT2D eigenvalue weighted by Crippen LogP contribution is 2.27. The number of carbonyl (C=O) groups is 1. The van der Waals surface area contributed by atoms with Crippen molar-refractivity contribution in [2.75, 3.05) is 0 Å². The highest BCUT2D eigenvalue weighted by molar-refractivity contribution is 6.38. The summed E-state index contributed by atoms with van der Waals surface area (Å²) in [6.07, 6.45) is 1.98. The summed E-state index contributed by atoms with van der Waals surface area (Å²) in [5, 5.41) is 16.2. The largest absolute Gasteiger partial charge is 0.478 e. The van der Waals surface area contributed by atoms with E-state index < -0.39 is 5.97 Å². The van der Waals surface area contributed by atoms with Gasteiger partial charge in [-0.2, -0.15) is 5.10 Å². The van der Waals surface area contributed by atoms with Gasteiger partial charge in [-0.15, -0.1) is 0 Å². The van der Waals surface area contributed by atoms with E-state index in [4.69, 9.17) is 16.7 Å². The fourth-order valence-electron chi connectivity index (χ4n) is 1.45. The third-order valence-corrected chi connectivity index (χ3v) is 2.55. The third kappa shape index (κ3) is 1.45. The Bertz CT molecular complexity index is 535. The predicted octanol–water partition coefficient (Wildman–Crippen LogP) is 1.87. The zero-order chi connectivity index (χ0) is 11.0. The van der Waals surface area contributed by atoms with Crippen LogP contribution < -0.4 is 0 Å². The maximum atomic E-state index is 11.0. The first-order valence-corrected chi connectivity index (χ1v) is 4.77. The van der Waals surface area contributed by atoms with Crippen molar-refractivity contribution >= 4 is 28.6 Å². The fraction of sp³-hybridized carbons (Fsp3) is 0.222. The molecule has 0 amide bonds. The summed E-state index contributed by atoms with van der Waals surface area (Å²) in [6, 6.07) is 0. The topological polar surface area (TPSA) is 78.9 Å². The number of aromatic carboxylic acids is 1. The van der Waals surface area contributed by atoms with Crippen molar-refractivity contribution in [3.63, 3.8) is 0 Å². The highest BCUT2D eigenvalue weighted by Gasteiger charge is 2.19. The maximum absolute atomic E-state index is 11.0. The summed E-state index contributed by atoms with van der Waals surface area (Å²) in [5.41, 5.74) is 1.04. The van der Waals surface area contributed by atoms with E-state index in [1.807, 2.05) is 6.92 Å². The number of aromatic amines is 1. The Labute approximate surface area is 90.1 Å². The first-order valence-electron chi connectivity index (χ1n) is 4.40. The summed E-state index contributed by atoms with van der Waals surface area (Å²) in [7, 11) is 0. The third-order valence-electron chi connectivity index (χ3n) is 2.16. The molecule has 0 fully saturated rings. The monoisotopic (exact) mass is 225 g/mol. The van der Waals surface area contributed by atoms with Crippen molar-refractivity contribution in [3.8, 4) is 0 Å². The number of hydrogen-bond donors (Lipinski definition) is 2. The van der Waals surface area contributed by atoms with E-state index >= 15 is 0 Å². The van der Waals surface area contributed by atoms with Crippen molar-refractivity contribution in [2.45, 2.75) is 13.3 Å². The smallest absolute Gasteiger partial charge is 0.339 e. The molecule has 2 aromatic rings. The standard InChI is InChI=1S/C9H8ClN3O2/c1-2-5-6(9(14)15)7(10)4-3-11-13-8(4)12-5/h3H,2H2,1H3,(H,14,15)(H,11,12,13). The minimum absolute atomic E-state index is 0.0630. The van der Waals surface area contributed by atoms with Gasteiger partial charge < -0.3 is 5.11 Å². The van der Waals surface area contributed by atoms with Crippen LogP contribution in [-0.4, -0.2) is 26.3 Å². The molecule has 78 valence electrons. The van der Waals surface area contributed by atoms with Gasteiger partial charge in [-0.3, -0.25) is 5.10 Å². The van der Waals surface area contributed by atoms with Crippen molar-refractivity contribution in [2.24, 2.45) is 0 Å². The minimum Gasteiger partial charge on any atom is -0.478 e. The number of H-pyrrole nitrogens is 1. The summed E-state index contributed by atoms with van der Waals surface area (Å²) in [4.78, 5) is 15.2. The molecule has 2 rings (SSSR count). The second-order valence-corrected chi connectivity index (χ2v) is 3.42. The first kappa shape index (κ1) is 9.92. The van der Waals surface area contributed by atoms with Crippen LogP contribution in [0.2, 0.25) is 5.02 Å². The van der Waals surface area contributed by atoms with E-state index in [1.165, 1.54) is 6.20 Å². The Balaban J connectivity index is 2.85. The van der Waals surface area contributed by atoms with Crippen LogP contribution in [0.3, 0.4) is 0 Å². The van der Waals surface area contributed by atoms with E-state index in [1.54, 1.807) is 0 Å². The molecule has 0 aromatic carbocycles. The Morgan fingerprint density at radius 2 is 2.40 bits per heavy atom. The number of nitrogens with one attached hydrogen (secondary N) is 1.